The maximum atomic E-state index is 13.0. The number of nitrogens with zero attached hydrogens (tertiary/aromatic N) is 4. The van der Waals surface area contributed by atoms with Crippen LogP contribution in [0.2, 0.25) is 0 Å². The average Bonchev–Trinajstić information content (AvgIpc) is 3.37. The van der Waals surface area contributed by atoms with Crippen LogP contribution in [0.1, 0.15) is 16.4 Å². The fourth-order valence-corrected chi connectivity index (χ4v) is 3.41. The molecular formula is C19H20F4N6S. The number of benzene rings is 1. The molecule has 2 aromatic heterocycles. The second kappa shape index (κ2) is 9.70. The molecule has 1 aromatic carbocycles. The molecule has 0 amide bonds. The zero-order valence-corrected chi connectivity index (χ0v) is 16.9. The molecule has 0 spiro atoms. The zero-order valence-electron chi connectivity index (χ0n) is 16.1. The lowest BCUT2D eigenvalue weighted by Gasteiger charge is -2.10. The minimum atomic E-state index is -4.41. The minimum absolute atomic E-state index is 0.301. The van der Waals surface area contributed by atoms with Crippen LogP contribution in [-0.2, 0) is 19.0 Å². The van der Waals surface area contributed by atoms with Crippen molar-refractivity contribution >= 4 is 17.3 Å². The molecule has 11 heteroatoms. The van der Waals surface area contributed by atoms with Crippen LogP contribution in [0.15, 0.2) is 46.9 Å². The highest BCUT2D eigenvalue weighted by atomic mass is 32.1. The summed E-state index contributed by atoms with van der Waals surface area (Å²) >= 11 is 0.989. The molecule has 2 heterocycles. The van der Waals surface area contributed by atoms with Crippen molar-refractivity contribution in [3.05, 3.63) is 64.1 Å². The number of halogens is 4. The van der Waals surface area contributed by atoms with Gasteiger partial charge in [0.1, 0.15) is 5.82 Å². The lowest BCUT2D eigenvalue weighted by Crippen LogP contribution is -2.39. The van der Waals surface area contributed by atoms with Crippen LogP contribution in [0.25, 0.3) is 5.69 Å². The fraction of sp³-hybridized carbons (Fsp3) is 0.316. The van der Waals surface area contributed by atoms with Gasteiger partial charge in [-0.15, -0.1) is 11.3 Å². The highest BCUT2D eigenvalue weighted by molar-refractivity contribution is 7.09. The van der Waals surface area contributed by atoms with Crippen molar-refractivity contribution in [2.75, 3.05) is 20.1 Å². The van der Waals surface area contributed by atoms with Gasteiger partial charge < -0.3 is 10.6 Å². The molecule has 3 aromatic rings. The standard InChI is InChI=1S/C19H20F4N6S/c1-24-18(26-10-7-17-27-16(12-30-17)19(21,22)23)25-9-6-14-8-11-29(28-14)15-4-2-13(20)3-5-15/h2-5,8,11-12H,6-7,9-10H2,1H3,(H2,24,25,26). The highest BCUT2D eigenvalue weighted by Gasteiger charge is 2.33. The van der Waals surface area contributed by atoms with Gasteiger partial charge in [-0.05, 0) is 30.3 Å². The molecule has 0 atom stereocenters. The van der Waals surface area contributed by atoms with Crippen molar-refractivity contribution in [2.24, 2.45) is 4.99 Å². The molecule has 0 saturated carbocycles. The van der Waals surface area contributed by atoms with Gasteiger partial charge in [0.05, 0.1) is 16.4 Å². The van der Waals surface area contributed by atoms with Crippen LogP contribution in [-0.4, -0.2) is 40.9 Å². The Balaban J connectivity index is 1.41. The van der Waals surface area contributed by atoms with Crippen LogP contribution >= 0.6 is 11.3 Å². The van der Waals surface area contributed by atoms with E-state index in [1.807, 2.05) is 6.07 Å². The number of guanidine groups is 1. The molecule has 0 saturated heterocycles. The number of hydrogen-bond acceptors (Lipinski definition) is 4. The van der Waals surface area contributed by atoms with Crippen molar-refractivity contribution in [3.63, 3.8) is 0 Å². The van der Waals surface area contributed by atoms with Crippen LogP contribution in [0.3, 0.4) is 0 Å². The third-order valence-electron chi connectivity index (χ3n) is 4.11. The van der Waals surface area contributed by atoms with E-state index in [-0.39, 0.29) is 5.82 Å². The highest BCUT2D eigenvalue weighted by Crippen LogP contribution is 2.29. The molecule has 0 aliphatic rings. The number of hydrogen-bond donors (Lipinski definition) is 2. The van der Waals surface area contributed by atoms with Gasteiger partial charge in [0, 0.05) is 44.6 Å². The van der Waals surface area contributed by atoms with Crippen molar-refractivity contribution in [1.29, 1.82) is 0 Å². The number of alkyl halides is 3. The number of aliphatic imine (C=N–C) groups is 1. The summed E-state index contributed by atoms with van der Waals surface area (Å²) in [4.78, 5) is 7.69. The summed E-state index contributed by atoms with van der Waals surface area (Å²) in [6.45, 7) is 0.971. The Kier molecular flexibility index (Phi) is 7.03. The zero-order chi connectivity index (χ0) is 21.6. The van der Waals surface area contributed by atoms with Gasteiger partial charge in [-0.3, -0.25) is 4.99 Å². The summed E-state index contributed by atoms with van der Waals surface area (Å²) in [5, 5.41) is 12.1. The molecule has 0 aliphatic carbocycles. The Labute approximate surface area is 174 Å². The van der Waals surface area contributed by atoms with Crippen molar-refractivity contribution in [3.8, 4) is 5.69 Å². The molecule has 0 aliphatic heterocycles. The minimum Gasteiger partial charge on any atom is -0.356 e. The number of thiazole rings is 1. The lowest BCUT2D eigenvalue weighted by atomic mass is 10.3. The quantitative estimate of drug-likeness (QED) is 0.336. The first-order valence-corrected chi connectivity index (χ1v) is 10.00. The van der Waals surface area contributed by atoms with Gasteiger partial charge in [-0.2, -0.15) is 18.3 Å². The smallest absolute Gasteiger partial charge is 0.356 e. The first-order chi connectivity index (χ1) is 14.3. The van der Waals surface area contributed by atoms with Gasteiger partial charge in [-0.1, -0.05) is 0 Å². The van der Waals surface area contributed by atoms with E-state index < -0.39 is 11.9 Å². The molecule has 0 bridgehead atoms. The van der Waals surface area contributed by atoms with Gasteiger partial charge in [0.2, 0.25) is 0 Å². The average molecular weight is 440 g/mol. The molecule has 0 unspecified atom stereocenters. The van der Waals surface area contributed by atoms with Crippen molar-refractivity contribution in [2.45, 2.75) is 19.0 Å². The monoisotopic (exact) mass is 440 g/mol. The SMILES string of the molecule is CN=C(NCCc1ccn(-c2ccc(F)cc2)n1)NCCc1nc(C(F)(F)F)cs1. The van der Waals surface area contributed by atoms with Crippen molar-refractivity contribution < 1.29 is 17.6 Å². The summed E-state index contributed by atoms with van der Waals surface area (Å²) in [5.74, 6) is 0.241. The predicted octanol–water partition coefficient (Wildman–Crippen LogP) is 3.44. The Hall–Kier alpha value is -2.95. The molecule has 3 rings (SSSR count). The normalized spacial score (nSPS) is 12.2. The van der Waals surface area contributed by atoms with Gasteiger partial charge in [-0.25, -0.2) is 14.1 Å². The molecule has 0 radical (unpaired) electrons. The third-order valence-corrected chi connectivity index (χ3v) is 5.01. The first kappa shape index (κ1) is 21.8. The molecule has 6 nitrogen and oxygen atoms in total. The Morgan fingerprint density at radius 3 is 2.43 bits per heavy atom. The molecule has 30 heavy (non-hydrogen) atoms. The van der Waals surface area contributed by atoms with E-state index in [4.69, 9.17) is 0 Å². The second-order valence-electron chi connectivity index (χ2n) is 6.28. The number of rotatable bonds is 7. The Morgan fingerprint density at radius 2 is 1.80 bits per heavy atom. The van der Waals surface area contributed by atoms with E-state index in [1.54, 1.807) is 30.1 Å². The topological polar surface area (TPSA) is 67.1 Å². The predicted molar refractivity (Wildman–Crippen MR) is 107 cm³/mol. The Morgan fingerprint density at radius 1 is 1.10 bits per heavy atom. The van der Waals surface area contributed by atoms with Gasteiger partial charge in [0.15, 0.2) is 11.7 Å². The number of nitrogens with one attached hydrogen (secondary N) is 2. The van der Waals surface area contributed by atoms with E-state index in [9.17, 15) is 17.6 Å². The summed E-state index contributed by atoms with van der Waals surface area (Å²) in [6, 6.07) is 7.93. The third kappa shape index (κ3) is 6.02. The maximum Gasteiger partial charge on any atom is 0.434 e. The van der Waals surface area contributed by atoms with E-state index in [2.05, 4.69) is 25.7 Å². The maximum absolute atomic E-state index is 13.0. The van der Waals surface area contributed by atoms with E-state index in [1.165, 1.54) is 12.1 Å². The van der Waals surface area contributed by atoms with Crippen LogP contribution in [0, 0.1) is 5.82 Å². The van der Waals surface area contributed by atoms with Gasteiger partial charge >= 0.3 is 6.18 Å². The number of aromatic nitrogens is 3. The van der Waals surface area contributed by atoms with E-state index >= 15 is 0 Å². The van der Waals surface area contributed by atoms with E-state index in [0.717, 1.165) is 28.1 Å². The van der Waals surface area contributed by atoms with Gasteiger partial charge in [0.25, 0.3) is 0 Å². The van der Waals surface area contributed by atoms with Crippen LogP contribution < -0.4 is 10.6 Å². The second-order valence-corrected chi connectivity index (χ2v) is 7.22. The fourth-order valence-electron chi connectivity index (χ4n) is 2.61. The molecule has 0 fully saturated rings. The molecular weight excluding hydrogens is 420 g/mol. The summed E-state index contributed by atoms with van der Waals surface area (Å²) < 4.78 is 52.4. The van der Waals surface area contributed by atoms with Crippen LogP contribution in [0.4, 0.5) is 17.6 Å². The first-order valence-electron chi connectivity index (χ1n) is 9.12. The molecule has 160 valence electrons. The van der Waals surface area contributed by atoms with E-state index in [0.29, 0.717) is 36.9 Å². The summed E-state index contributed by atoms with van der Waals surface area (Å²) in [5.41, 5.74) is 0.763. The van der Waals surface area contributed by atoms with Crippen molar-refractivity contribution in [1.82, 2.24) is 25.4 Å². The Bertz CT molecular complexity index is 978. The largest absolute Gasteiger partial charge is 0.434 e. The molecule has 2 N–H and O–H groups in total. The lowest BCUT2D eigenvalue weighted by molar-refractivity contribution is -0.140. The summed E-state index contributed by atoms with van der Waals surface area (Å²) in [7, 11) is 1.61. The van der Waals surface area contributed by atoms with Crippen LogP contribution in [0.5, 0.6) is 0 Å². The summed E-state index contributed by atoms with van der Waals surface area (Å²) in [6.07, 6.45) is -1.61.